The fourth-order valence-electron chi connectivity index (χ4n) is 2.75. The molecule has 0 fully saturated rings. The van der Waals surface area contributed by atoms with Crippen molar-refractivity contribution in [2.45, 2.75) is 6.54 Å². The monoisotopic (exact) mass is 288 g/mol. The fourth-order valence-corrected chi connectivity index (χ4v) is 2.75. The Labute approximate surface area is 128 Å². The first-order valence-corrected chi connectivity index (χ1v) is 7.24. The Morgan fingerprint density at radius 2 is 1.86 bits per heavy atom. The van der Waals surface area contributed by atoms with Gasteiger partial charge in [0.15, 0.2) is 0 Å². The molecule has 4 heteroatoms. The molecule has 3 N–H and O–H groups in total. The zero-order valence-corrected chi connectivity index (χ0v) is 12.0. The van der Waals surface area contributed by atoms with Crippen LogP contribution in [0.5, 0.6) is 0 Å². The molecule has 4 nitrogen and oxygen atoms in total. The van der Waals surface area contributed by atoms with Crippen LogP contribution in [0.15, 0.2) is 66.9 Å². The van der Waals surface area contributed by atoms with Gasteiger partial charge in [-0.2, -0.15) is 5.10 Å². The van der Waals surface area contributed by atoms with Crippen molar-refractivity contribution in [3.05, 3.63) is 72.4 Å². The van der Waals surface area contributed by atoms with Crippen LogP contribution in [0.2, 0.25) is 0 Å². The lowest BCUT2D eigenvalue weighted by atomic mass is 10.1. The van der Waals surface area contributed by atoms with Gasteiger partial charge in [0.05, 0.1) is 5.69 Å². The summed E-state index contributed by atoms with van der Waals surface area (Å²) in [5.74, 6) is 0.509. The van der Waals surface area contributed by atoms with E-state index in [-0.39, 0.29) is 0 Å². The highest BCUT2D eigenvalue weighted by Crippen LogP contribution is 2.25. The van der Waals surface area contributed by atoms with Gasteiger partial charge in [-0.15, -0.1) is 0 Å². The minimum absolute atomic E-state index is 0.509. The van der Waals surface area contributed by atoms with Crippen molar-refractivity contribution in [2.24, 2.45) is 0 Å². The number of aromatic nitrogens is 3. The Balaban J connectivity index is 1.76. The van der Waals surface area contributed by atoms with Gasteiger partial charge in [0.2, 0.25) is 0 Å². The Morgan fingerprint density at radius 1 is 1.00 bits per heavy atom. The summed E-state index contributed by atoms with van der Waals surface area (Å²) in [6.07, 6.45) is 2.13. The molecule has 4 rings (SSSR count). The van der Waals surface area contributed by atoms with Crippen molar-refractivity contribution < 1.29 is 0 Å². The molecule has 0 spiro atoms. The Kier molecular flexibility index (Phi) is 2.93. The molecule has 0 amide bonds. The van der Waals surface area contributed by atoms with E-state index in [1.807, 2.05) is 12.1 Å². The average molecular weight is 288 g/mol. The Hall–Kier alpha value is -3.01. The zero-order valence-electron chi connectivity index (χ0n) is 12.0. The van der Waals surface area contributed by atoms with Crippen LogP contribution in [0.25, 0.3) is 22.2 Å². The van der Waals surface area contributed by atoms with Crippen molar-refractivity contribution in [3.8, 4) is 11.3 Å². The molecule has 4 aromatic rings. The van der Waals surface area contributed by atoms with Crippen LogP contribution in [0, 0.1) is 0 Å². The Morgan fingerprint density at radius 3 is 2.64 bits per heavy atom. The van der Waals surface area contributed by atoms with Gasteiger partial charge in [-0.3, -0.25) is 5.10 Å². The molecule has 0 saturated heterocycles. The predicted octanol–water partition coefficient (Wildman–Crippen LogP) is 3.66. The highest BCUT2D eigenvalue weighted by Gasteiger charge is 2.06. The van der Waals surface area contributed by atoms with Crippen LogP contribution < -0.4 is 5.73 Å². The van der Waals surface area contributed by atoms with Gasteiger partial charge in [0.1, 0.15) is 5.82 Å². The van der Waals surface area contributed by atoms with Crippen LogP contribution in [0.1, 0.15) is 5.56 Å². The number of nitrogens with two attached hydrogens (primary N) is 1. The molecular formula is C18H16N4. The van der Waals surface area contributed by atoms with Gasteiger partial charge >= 0.3 is 0 Å². The summed E-state index contributed by atoms with van der Waals surface area (Å²) < 4.78 is 2.26. The standard InChI is InChI=1S/C18H16N4/c19-18-11-16(20-21-18)15-7-6-14-8-9-22(17(14)10-15)12-13-4-2-1-3-5-13/h1-11H,12H2,(H3,19,20,21). The number of nitrogen functional groups attached to an aromatic ring is 1. The average Bonchev–Trinajstić information content (AvgIpc) is 3.15. The molecule has 2 heterocycles. The smallest absolute Gasteiger partial charge is 0.145 e. The number of nitrogens with one attached hydrogen (secondary N) is 1. The largest absolute Gasteiger partial charge is 0.382 e. The fraction of sp³-hybridized carbons (Fsp3) is 0.0556. The maximum atomic E-state index is 5.69. The molecule has 2 aromatic carbocycles. The maximum Gasteiger partial charge on any atom is 0.145 e. The number of nitrogens with zero attached hydrogens (tertiary/aromatic N) is 2. The topological polar surface area (TPSA) is 59.6 Å². The third kappa shape index (κ3) is 2.24. The van der Waals surface area contributed by atoms with E-state index in [1.54, 1.807) is 0 Å². The normalized spacial score (nSPS) is 11.1. The zero-order chi connectivity index (χ0) is 14.9. The van der Waals surface area contributed by atoms with Crippen LogP contribution in [-0.4, -0.2) is 14.8 Å². The lowest BCUT2D eigenvalue weighted by molar-refractivity contribution is 0.837. The summed E-state index contributed by atoms with van der Waals surface area (Å²) in [6.45, 7) is 0.860. The van der Waals surface area contributed by atoms with Crippen LogP contribution in [0.4, 0.5) is 5.82 Å². The number of anilines is 1. The number of hydrogen-bond donors (Lipinski definition) is 2. The minimum Gasteiger partial charge on any atom is -0.382 e. The predicted molar refractivity (Wildman–Crippen MR) is 89.5 cm³/mol. The van der Waals surface area contributed by atoms with E-state index in [0.717, 1.165) is 17.8 Å². The first-order chi connectivity index (χ1) is 10.8. The number of benzene rings is 2. The molecule has 0 atom stereocenters. The van der Waals surface area contributed by atoms with E-state index in [4.69, 9.17) is 5.73 Å². The number of rotatable bonds is 3. The van der Waals surface area contributed by atoms with Gasteiger partial charge in [0.25, 0.3) is 0 Å². The summed E-state index contributed by atoms with van der Waals surface area (Å²) in [4.78, 5) is 0. The molecule has 0 aliphatic carbocycles. The van der Waals surface area contributed by atoms with E-state index in [0.29, 0.717) is 5.82 Å². The van der Waals surface area contributed by atoms with E-state index >= 15 is 0 Å². The van der Waals surface area contributed by atoms with Crippen LogP contribution >= 0.6 is 0 Å². The van der Waals surface area contributed by atoms with Crippen molar-refractivity contribution in [1.29, 1.82) is 0 Å². The van der Waals surface area contributed by atoms with Gasteiger partial charge < -0.3 is 10.3 Å². The first-order valence-electron chi connectivity index (χ1n) is 7.24. The van der Waals surface area contributed by atoms with Gasteiger partial charge in [0, 0.05) is 29.9 Å². The van der Waals surface area contributed by atoms with Gasteiger partial charge in [-0.25, -0.2) is 0 Å². The van der Waals surface area contributed by atoms with E-state index in [2.05, 4.69) is 69.5 Å². The van der Waals surface area contributed by atoms with Crippen molar-refractivity contribution >= 4 is 16.7 Å². The van der Waals surface area contributed by atoms with Gasteiger partial charge in [-0.1, -0.05) is 42.5 Å². The molecule has 0 saturated carbocycles. The van der Waals surface area contributed by atoms with Gasteiger partial charge in [-0.05, 0) is 23.1 Å². The number of H-pyrrole nitrogens is 1. The molecule has 0 aliphatic rings. The summed E-state index contributed by atoms with van der Waals surface area (Å²) >= 11 is 0. The molecule has 0 radical (unpaired) electrons. The molecule has 0 unspecified atom stereocenters. The quantitative estimate of drug-likeness (QED) is 0.604. The van der Waals surface area contributed by atoms with E-state index in [9.17, 15) is 0 Å². The van der Waals surface area contributed by atoms with E-state index < -0.39 is 0 Å². The summed E-state index contributed by atoms with van der Waals surface area (Å²) in [5.41, 5.74) is 10.2. The minimum atomic E-state index is 0.509. The second-order valence-corrected chi connectivity index (χ2v) is 5.41. The molecular weight excluding hydrogens is 272 g/mol. The highest BCUT2D eigenvalue weighted by molar-refractivity contribution is 5.85. The third-order valence-corrected chi connectivity index (χ3v) is 3.88. The van der Waals surface area contributed by atoms with Crippen molar-refractivity contribution in [3.63, 3.8) is 0 Å². The number of fused-ring (bicyclic) bond motifs is 1. The van der Waals surface area contributed by atoms with Crippen LogP contribution in [-0.2, 0) is 6.54 Å². The molecule has 108 valence electrons. The second-order valence-electron chi connectivity index (χ2n) is 5.41. The SMILES string of the molecule is Nc1cc(-c2ccc3ccn(Cc4ccccc4)c3c2)[nH]n1. The number of aromatic amines is 1. The van der Waals surface area contributed by atoms with E-state index in [1.165, 1.54) is 16.5 Å². The summed E-state index contributed by atoms with van der Waals surface area (Å²) in [6, 6.07) is 20.8. The van der Waals surface area contributed by atoms with Crippen molar-refractivity contribution in [2.75, 3.05) is 5.73 Å². The molecule has 22 heavy (non-hydrogen) atoms. The summed E-state index contributed by atoms with van der Waals surface area (Å²) in [5, 5.41) is 8.19. The van der Waals surface area contributed by atoms with Crippen molar-refractivity contribution in [1.82, 2.24) is 14.8 Å². The lowest BCUT2D eigenvalue weighted by Crippen LogP contribution is -1.97. The lowest BCUT2D eigenvalue weighted by Gasteiger charge is -2.07. The Bertz CT molecular complexity index is 919. The van der Waals surface area contributed by atoms with Crippen LogP contribution in [0.3, 0.4) is 0 Å². The molecule has 0 bridgehead atoms. The third-order valence-electron chi connectivity index (χ3n) is 3.88. The highest BCUT2D eigenvalue weighted by atomic mass is 15.2. The summed E-state index contributed by atoms with van der Waals surface area (Å²) in [7, 11) is 0. The molecule has 0 aliphatic heterocycles. The second kappa shape index (κ2) is 5.07. The molecule has 2 aromatic heterocycles. The first kappa shape index (κ1) is 12.7. The maximum absolute atomic E-state index is 5.69. The number of hydrogen-bond acceptors (Lipinski definition) is 2.